The van der Waals surface area contributed by atoms with Gasteiger partial charge < -0.3 is 4.90 Å². The lowest BCUT2D eigenvalue weighted by Gasteiger charge is -2.19. The van der Waals surface area contributed by atoms with Crippen molar-refractivity contribution in [2.45, 2.75) is 26.4 Å². The van der Waals surface area contributed by atoms with Gasteiger partial charge in [0.1, 0.15) is 0 Å². The first kappa shape index (κ1) is 12.4. The molecule has 94 valence electrons. The van der Waals surface area contributed by atoms with Crippen molar-refractivity contribution < 1.29 is 4.79 Å². The highest BCUT2D eigenvalue weighted by Crippen LogP contribution is 2.23. The fourth-order valence-corrected chi connectivity index (χ4v) is 1.91. The predicted molar refractivity (Wildman–Crippen MR) is 70.0 cm³/mol. The third kappa shape index (κ3) is 2.59. The van der Waals surface area contributed by atoms with Crippen molar-refractivity contribution in [3.63, 3.8) is 0 Å². The molecule has 4 nitrogen and oxygen atoms in total. The number of hydrogen-bond donors (Lipinski definition) is 1. The summed E-state index contributed by atoms with van der Waals surface area (Å²) in [6.07, 6.45) is 3.46. The Kier molecular flexibility index (Phi) is 3.77. The van der Waals surface area contributed by atoms with Crippen LogP contribution >= 0.6 is 0 Å². The molecule has 1 N–H and O–H groups in total. The second kappa shape index (κ2) is 5.49. The number of fused-ring (bicyclic) bond motifs is 1. The molecule has 18 heavy (non-hydrogen) atoms. The van der Waals surface area contributed by atoms with Crippen molar-refractivity contribution >= 4 is 5.91 Å². The van der Waals surface area contributed by atoms with Gasteiger partial charge in [-0.05, 0) is 31.5 Å². The summed E-state index contributed by atoms with van der Waals surface area (Å²) in [6.45, 7) is 4.86. The van der Waals surface area contributed by atoms with Gasteiger partial charge in [0.05, 0.1) is 0 Å². The molecule has 1 aliphatic rings. The van der Waals surface area contributed by atoms with Gasteiger partial charge in [-0.25, -0.2) is 0 Å². The van der Waals surface area contributed by atoms with Crippen LogP contribution in [0.2, 0.25) is 0 Å². The maximum absolute atomic E-state index is 11.8. The first-order chi connectivity index (χ1) is 8.70. The van der Waals surface area contributed by atoms with Crippen LogP contribution in [0.25, 0.3) is 0 Å². The van der Waals surface area contributed by atoms with Gasteiger partial charge in [-0.15, -0.1) is 0 Å². The van der Waals surface area contributed by atoms with Crippen LogP contribution in [-0.2, 0) is 6.54 Å². The second-order valence-corrected chi connectivity index (χ2v) is 4.45. The minimum Gasteiger partial charge on any atom is -0.332 e. The van der Waals surface area contributed by atoms with E-state index < -0.39 is 0 Å². The largest absolute Gasteiger partial charge is 0.332 e. The van der Waals surface area contributed by atoms with Crippen molar-refractivity contribution in [3.8, 4) is 0 Å². The topological polar surface area (TPSA) is 49.0 Å². The fraction of sp³-hybridized carbons (Fsp3) is 0.286. The van der Waals surface area contributed by atoms with E-state index in [1.54, 1.807) is 12.4 Å². The molecule has 1 aliphatic heterocycles. The lowest BCUT2D eigenvalue weighted by atomic mass is 10.1. The monoisotopic (exact) mass is 243 g/mol. The Morgan fingerprint density at radius 3 is 2.56 bits per heavy atom. The lowest BCUT2D eigenvalue weighted by molar-refractivity contribution is 0.0730. The maximum atomic E-state index is 11.8. The number of nitrogens with zero attached hydrogens (tertiary/aromatic N) is 2. The van der Waals surface area contributed by atoms with Crippen LogP contribution in [-0.4, -0.2) is 27.0 Å². The van der Waals surface area contributed by atoms with Gasteiger partial charge in [0.2, 0.25) is 0 Å². The first-order valence-electron chi connectivity index (χ1n) is 6.02. The summed E-state index contributed by atoms with van der Waals surface area (Å²) in [5.74, 6) is 0.172. The van der Waals surface area contributed by atoms with Gasteiger partial charge in [0, 0.05) is 30.5 Å². The quantitative estimate of drug-likeness (QED) is 0.836. The van der Waals surface area contributed by atoms with E-state index in [9.17, 15) is 4.79 Å². The number of carbonyl (C=O) groups is 1. The van der Waals surface area contributed by atoms with Gasteiger partial charge in [0.15, 0.2) is 0 Å². The zero-order valence-corrected chi connectivity index (χ0v) is 10.6. The maximum Gasteiger partial charge on any atom is 0.254 e. The van der Waals surface area contributed by atoms with Crippen LogP contribution in [0, 0.1) is 0 Å². The number of aromatic nitrogens is 2. The van der Waals surface area contributed by atoms with E-state index in [2.05, 4.69) is 10.2 Å². The SMILES string of the molecule is CC(C)N1Cc2ccccc2C1=O.c1cn[nH]c1. The summed E-state index contributed by atoms with van der Waals surface area (Å²) >= 11 is 0. The molecule has 0 fully saturated rings. The number of carbonyl (C=O) groups excluding carboxylic acids is 1. The molecule has 0 unspecified atom stereocenters. The third-order valence-corrected chi connectivity index (χ3v) is 2.88. The Morgan fingerprint density at radius 2 is 2.06 bits per heavy atom. The van der Waals surface area contributed by atoms with E-state index >= 15 is 0 Å². The summed E-state index contributed by atoms with van der Waals surface area (Å²) in [4.78, 5) is 13.7. The third-order valence-electron chi connectivity index (χ3n) is 2.88. The molecule has 1 aromatic carbocycles. The summed E-state index contributed by atoms with van der Waals surface area (Å²) in [6, 6.07) is 9.95. The highest BCUT2D eigenvalue weighted by atomic mass is 16.2. The van der Waals surface area contributed by atoms with Crippen LogP contribution in [0.1, 0.15) is 29.8 Å². The van der Waals surface area contributed by atoms with Crippen molar-refractivity contribution in [1.29, 1.82) is 0 Å². The molecule has 0 atom stereocenters. The molecule has 0 saturated carbocycles. The van der Waals surface area contributed by atoms with Crippen LogP contribution in [0.4, 0.5) is 0 Å². The molecule has 3 rings (SSSR count). The number of rotatable bonds is 1. The highest BCUT2D eigenvalue weighted by Gasteiger charge is 2.27. The van der Waals surface area contributed by atoms with E-state index in [0.717, 1.165) is 17.7 Å². The number of aromatic amines is 1. The van der Waals surface area contributed by atoms with Crippen LogP contribution in [0.3, 0.4) is 0 Å². The molecule has 0 aliphatic carbocycles. The van der Waals surface area contributed by atoms with Crippen molar-refractivity contribution in [1.82, 2.24) is 15.1 Å². The van der Waals surface area contributed by atoms with Crippen molar-refractivity contribution in [2.75, 3.05) is 0 Å². The van der Waals surface area contributed by atoms with E-state index in [1.807, 2.05) is 49.1 Å². The Labute approximate surface area is 107 Å². The summed E-state index contributed by atoms with van der Waals surface area (Å²) < 4.78 is 0. The Balaban J connectivity index is 0.000000202. The highest BCUT2D eigenvalue weighted by molar-refractivity contribution is 5.98. The smallest absolute Gasteiger partial charge is 0.254 e. The van der Waals surface area contributed by atoms with Crippen LogP contribution in [0.5, 0.6) is 0 Å². The fourth-order valence-electron chi connectivity index (χ4n) is 1.91. The Morgan fingerprint density at radius 1 is 1.28 bits per heavy atom. The number of H-pyrrole nitrogens is 1. The summed E-state index contributed by atoms with van der Waals surface area (Å²) in [5, 5.41) is 6.21. The molecule has 2 heterocycles. The first-order valence-corrected chi connectivity index (χ1v) is 6.02. The van der Waals surface area contributed by atoms with Crippen molar-refractivity contribution in [2.24, 2.45) is 0 Å². The Bertz CT molecular complexity index is 488. The average molecular weight is 243 g/mol. The van der Waals surface area contributed by atoms with Crippen molar-refractivity contribution in [3.05, 3.63) is 53.9 Å². The molecule has 0 radical (unpaired) electrons. The number of amides is 1. The molecule has 0 saturated heterocycles. The number of nitrogens with one attached hydrogen (secondary N) is 1. The second-order valence-electron chi connectivity index (χ2n) is 4.45. The van der Waals surface area contributed by atoms with Gasteiger partial charge in [0.25, 0.3) is 5.91 Å². The van der Waals surface area contributed by atoms with E-state index in [1.165, 1.54) is 0 Å². The predicted octanol–water partition coefficient (Wildman–Crippen LogP) is 2.46. The molecule has 0 spiro atoms. The number of hydrogen-bond acceptors (Lipinski definition) is 2. The van der Waals surface area contributed by atoms with Gasteiger partial charge in [-0.2, -0.15) is 5.10 Å². The van der Waals surface area contributed by atoms with E-state index in [-0.39, 0.29) is 5.91 Å². The molecule has 4 heteroatoms. The van der Waals surface area contributed by atoms with Gasteiger partial charge >= 0.3 is 0 Å². The molecular formula is C14H17N3O. The zero-order valence-electron chi connectivity index (χ0n) is 10.6. The average Bonchev–Trinajstić information content (AvgIpc) is 3.01. The Hall–Kier alpha value is -2.10. The van der Waals surface area contributed by atoms with Gasteiger partial charge in [-0.3, -0.25) is 9.89 Å². The van der Waals surface area contributed by atoms with E-state index in [0.29, 0.717) is 6.04 Å². The summed E-state index contributed by atoms with van der Waals surface area (Å²) in [7, 11) is 0. The van der Waals surface area contributed by atoms with E-state index in [4.69, 9.17) is 0 Å². The molecule has 2 aromatic rings. The molecule has 0 bridgehead atoms. The normalized spacial score (nSPS) is 13.3. The minimum atomic E-state index is 0.172. The molecular weight excluding hydrogens is 226 g/mol. The van der Waals surface area contributed by atoms with Crippen LogP contribution in [0.15, 0.2) is 42.7 Å². The molecule has 1 aromatic heterocycles. The minimum absolute atomic E-state index is 0.172. The van der Waals surface area contributed by atoms with Gasteiger partial charge in [-0.1, -0.05) is 18.2 Å². The standard InChI is InChI=1S/C11H13NO.C3H4N2/c1-8(2)12-7-9-5-3-4-6-10(9)11(12)13;1-2-4-5-3-1/h3-6,8H,7H2,1-2H3;1-3H,(H,4,5). The van der Waals surface area contributed by atoms with Crippen LogP contribution < -0.4 is 0 Å². The number of benzene rings is 1. The molecule has 1 amide bonds. The lowest BCUT2D eigenvalue weighted by Crippen LogP contribution is -2.30. The zero-order chi connectivity index (χ0) is 13.0. The summed E-state index contributed by atoms with van der Waals surface area (Å²) in [5.41, 5.74) is 2.03.